The summed E-state index contributed by atoms with van der Waals surface area (Å²) in [5.74, 6) is 0. The van der Waals surface area contributed by atoms with Crippen LogP contribution in [0.1, 0.15) is 5.69 Å². The number of alkyl halides is 1. The molecule has 0 radical (unpaired) electrons. The van der Waals surface area contributed by atoms with Gasteiger partial charge in [-0.3, -0.25) is 0 Å². The first-order chi connectivity index (χ1) is 5.66. The summed E-state index contributed by atoms with van der Waals surface area (Å²) in [6.07, 6.45) is 4.55. The van der Waals surface area contributed by atoms with Gasteiger partial charge in [-0.05, 0) is 18.6 Å². The highest BCUT2D eigenvalue weighted by Gasteiger charge is 1.87. The Labute approximate surface area is 101 Å². The first-order valence-corrected chi connectivity index (χ1v) is 4.78. The molecule has 0 aliphatic rings. The number of aryl methyl sites for hydroxylation is 1. The maximum Gasteiger partial charge on any atom is 0.160 e. The van der Waals surface area contributed by atoms with E-state index in [4.69, 9.17) is 0 Å². The van der Waals surface area contributed by atoms with E-state index in [9.17, 15) is 0 Å². The molecule has 0 saturated carbocycles. The van der Waals surface area contributed by atoms with Crippen LogP contribution >= 0.6 is 45.1 Å². The number of nitrogens with zero attached hydrogens (tertiary/aromatic N) is 1. The first-order valence-electron chi connectivity index (χ1n) is 3.25. The number of imidazole rings is 1. The van der Waals surface area contributed by atoms with E-state index in [1.807, 2.05) is 6.20 Å². The summed E-state index contributed by atoms with van der Waals surface area (Å²) in [6, 6.07) is 0. The molecule has 0 bridgehead atoms. The Kier molecular flexibility index (Phi) is 11.7. The fraction of sp³-hybridized carbons (Fsp3) is 0.333. The van der Waals surface area contributed by atoms with Gasteiger partial charge in [-0.1, -0.05) is 15.9 Å². The Bertz CT molecular complexity index is 210. The second kappa shape index (κ2) is 9.94. The van der Waals surface area contributed by atoms with E-state index in [0.29, 0.717) is 0 Å². The molecule has 5 N–H and O–H groups in total. The normalized spacial score (nSPS) is 7.77. The molecular weight excluding hydrogens is 320 g/mol. The lowest BCUT2D eigenvalue weighted by molar-refractivity contribution is 1.08. The molecular formula is C6H12Br2N4S. The SMILES string of the molecule is Br.BrCCc1cnc[nH]1.NC(N)=S. The van der Waals surface area contributed by atoms with Crippen LogP contribution in [0.4, 0.5) is 0 Å². The van der Waals surface area contributed by atoms with Crippen molar-refractivity contribution in [2.45, 2.75) is 6.42 Å². The van der Waals surface area contributed by atoms with Gasteiger partial charge in [-0.2, -0.15) is 0 Å². The first kappa shape index (κ1) is 15.3. The Balaban J connectivity index is 0. The molecule has 0 aromatic carbocycles. The van der Waals surface area contributed by atoms with Gasteiger partial charge in [0.2, 0.25) is 0 Å². The molecule has 0 aliphatic carbocycles. The van der Waals surface area contributed by atoms with Gasteiger partial charge in [-0.15, -0.1) is 17.0 Å². The van der Waals surface area contributed by atoms with Crippen molar-refractivity contribution in [3.63, 3.8) is 0 Å². The fourth-order valence-corrected chi connectivity index (χ4v) is 0.950. The molecule has 1 heterocycles. The summed E-state index contributed by atoms with van der Waals surface area (Å²) in [5.41, 5.74) is 10.4. The lowest BCUT2D eigenvalue weighted by Gasteiger charge is -1.85. The summed E-state index contributed by atoms with van der Waals surface area (Å²) in [6.45, 7) is 0. The van der Waals surface area contributed by atoms with Crippen molar-refractivity contribution in [2.24, 2.45) is 11.5 Å². The molecule has 0 aliphatic heterocycles. The zero-order chi connectivity index (χ0) is 9.40. The van der Waals surface area contributed by atoms with Crippen LogP contribution in [-0.2, 0) is 6.42 Å². The van der Waals surface area contributed by atoms with Gasteiger partial charge in [0.25, 0.3) is 0 Å². The molecule has 1 aromatic rings. The quantitative estimate of drug-likeness (QED) is 0.560. The number of rotatable bonds is 2. The van der Waals surface area contributed by atoms with Crippen molar-refractivity contribution >= 4 is 50.2 Å². The lowest BCUT2D eigenvalue weighted by atomic mass is 10.4. The molecule has 1 rings (SSSR count). The molecule has 0 saturated heterocycles. The van der Waals surface area contributed by atoms with Crippen LogP contribution in [0.5, 0.6) is 0 Å². The van der Waals surface area contributed by atoms with Gasteiger partial charge in [0.1, 0.15) is 0 Å². The molecule has 0 unspecified atom stereocenters. The monoisotopic (exact) mass is 330 g/mol. The average molecular weight is 332 g/mol. The zero-order valence-electron chi connectivity index (χ0n) is 6.87. The number of halogens is 2. The average Bonchev–Trinajstić information content (AvgIpc) is 2.39. The number of aromatic amines is 1. The molecule has 0 amide bonds. The molecule has 7 heteroatoms. The predicted molar refractivity (Wildman–Crippen MR) is 67.4 cm³/mol. The summed E-state index contributed by atoms with van der Waals surface area (Å²) in [4.78, 5) is 6.86. The van der Waals surface area contributed by atoms with E-state index in [2.05, 4.69) is 49.6 Å². The third kappa shape index (κ3) is 11.9. The summed E-state index contributed by atoms with van der Waals surface area (Å²) in [7, 11) is 0. The van der Waals surface area contributed by atoms with Crippen molar-refractivity contribution in [1.82, 2.24) is 9.97 Å². The van der Waals surface area contributed by atoms with Crippen molar-refractivity contribution in [3.8, 4) is 0 Å². The highest BCUT2D eigenvalue weighted by molar-refractivity contribution is 9.09. The minimum Gasteiger partial charge on any atom is -0.377 e. The van der Waals surface area contributed by atoms with E-state index in [1.165, 1.54) is 5.69 Å². The largest absolute Gasteiger partial charge is 0.377 e. The number of nitrogens with one attached hydrogen (secondary N) is 1. The third-order valence-corrected chi connectivity index (χ3v) is 1.32. The number of aromatic nitrogens is 2. The van der Waals surface area contributed by atoms with Crippen LogP contribution in [0.3, 0.4) is 0 Å². The zero-order valence-corrected chi connectivity index (χ0v) is 11.0. The molecule has 0 fully saturated rings. The van der Waals surface area contributed by atoms with Crippen molar-refractivity contribution < 1.29 is 0 Å². The van der Waals surface area contributed by atoms with E-state index in [-0.39, 0.29) is 22.1 Å². The number of thiocarbonyl (C=S) groups is 1. The standard InChI is InChI=1S/C5H7BrN2.CH4N2S.BrH/c6-2-1-5-3-7-4-8-5;2-1(3)4;/h3-4H,1-2H2,(H,7,8);(H4,2,3,4);1H. The Morgan fingerprint density at radius 2 is 2.15 bits per heavy atom. The molecule has 4 nitrogen and oxygen atoms in total. The highest BCUT2D eigenvalue weighted by atomic mass is 79.9. The number of nitrogens with two attached hydrogens (primary N) is 2. The van der Waals surface area contributed by atoms with Gasteiger partial charge in [0, 0.05) is 17.2 Å². The molecule has 1 aromatic heterocycles. The van der Waals surface area contributed by atoms with Crippen LogP contribution in [0.15, 0.2) is 12.5 Å². The lowest BCUT2D eigenvalue weighted by Crippen LogP contribution is -2.18. The minimum absolute atomic E-state index is 0. The molecule has 0 spiro atoms. The van der Waals surface area contributed by atoms with Crippen LogP contribution in [-0.4, -0.2) is 20.4 Å². The Hall–Kier alpha value is -0.140. The van der Waals surface area contributed by atoms with Gasteiger partial charge in [0.05, 0.1) is 6.33 Å². The third-order valence-electron chi connectivity index (χ3n) is 0.919. The fourth-order valence-electron chi connectivity index (χ4n) is 0.523. The molecule has 0 atom stereocenters. The predicted octanol–water partition coefficient (Wildman–Crippen LogP) is 1.11. The maximum absolute atomic E-state index is 4.62. The van der Waals surface area contributed by atoms with Gasteiger partial charge in [0.15, 0.2) is 5.11 Å². The summed E-state index contributed by atoms with van der Waals surface area (Å²) in [5, 5.41) is 0.995. The smallest absolute Gasteiger partial charge is 0.160 e. The summed E-state index contributed by atoms with van der Waals surface area (Å²) < 4.78 is 0. The Morgan fingerprint density at radius 1 is 1.62 bits per heavy atom. The highest BCUT2D eigenvalue weighted by Crippen LogP contribution is 1.94. The van der Waals surface area contributed by atoms with Gasteiger partial charge < -0.3 is 16.5 Å². The number of H-pyrrole nitrogens is 1. The minimum atomic E-state index is 0. The van der Waals surface area contributed by atoms with E-state index >= 15 is 0 Å². The van der Waals surface area contributed by atoms with Crippen molar-refractivity contribution in [3.05, 3.63) is 18.2 Å². The van der Waals surface area contributed by atoms with Gasteiger partial charge in [-0.25, -0.2) is 4.98 Å². The van der Waals surface area contributed by atoms with Crippen LogP contribution in [0.25, 0.3) is 0 Å². The summed E-state index contributed by atoms with van der Waals surface area (Å²) >= 11 is 7.42. The molecule has 76 valence electrons. The second-order valence-corrected chi connectivity index (χ2v) is 3.18. The Morgan fingerprint density at radius 3 is 2.46 bits per heavy atom. The van der Waals surface area contributed by atoms with E-state index < -0.39 is 0 Å². The van der Waals surface area contributed by atoms with Crippen molar-refractivity contribution in [1.29, 1.82) is 0 Å². The van der Waals surface area contributed by atoms with Crippen LogP contribution in [0.2, 0.25) is 0 Å². The van der Waals surface area contributed by atoms with Crippen LogP contribution < -0.4 is 11.5 Å². The maximum atomic E-state index is 4.62. The number of hydrogen-bond donors (Lipinski definition) is 3. The molecule has 13 heavy (non-hydrogen) atoms. The topological polar surface area (TPSA) is 80.7 Å². The number of hydrogen-bond acceptors (Lipinski definition) is 2. The second-order valence-electron chi connectivity index (χ2n) is 1.92. The van der Waals surface area contributed by atoms with Gasteiger partial charge >= 0.3 is 0 Å². The van der Waals surface area contributed by atoms with E-state index in [0.717, 1.165) is 11.8 Å². The van der Waals surface area contributed by atoms with Crippen LogP contribution in [0, 0.1) is 0 Å². The van der Waals surface area contributed by atoms with E-state index in [1.54, 1.807) is 6.33 Å². The van der Waals surface area contributed by atoms with Crippen molar-refractivity contribution in [2.75, 3.05) is 5.33 Å².